The molecule has 0 saturated carbocycles. The first kappa shape index (κ1) is 15.9. The Balaban J connectivity index is 1.89. The average molecular weight is 336 g/mol. The van der Waals surface area contributed by atoms with Gasteiger partial charge in [0.1, 0.15) is 5.75 Å². The molecule has 0 spiro atoms. The van der Waals surface area contributed by atoms with Crippen molar-refractivity contribution >= 4 is 16.9 Å². The van der Waals surface area contributed by atoms with Crippen LogP contribution in [-0.4, -0.2) is 27.2 Å². The highest BCUT2D eigenvalue weighted by molar-refractivity contribution is 6.01. The Morgan fingerprint density at radius 1 is 1.12 bits per heavy atom. The molecule has 5 nitrogen and oxygen atoms in total. The molecule has 0 unspecified atom stereocenters. The Hall–Kier alpha value is -3.03. The van der Waals surface area contributed by atoms with Crippen molar-refractivity contribution in [3.63, 3.8) is 0 Å². The van der Waals surface area contributed by atoms with Crippen molar-refractivity contribution < 1.29 is 27.8 Å². The number of nitrogens with zero attached hydrogens (tertiary/aromatic N) is 2. The predicted octanol–water partition coefficient (Wildman–Crippen LogP) is 3.68. The van der Waals surface area contributed by atoms with Crippen LogP contribution in [0.3, 0.4) is 0 Å². The highest BCUT2D eigenvalue weighted by Gasteiger charge is 2.30. The van der Waals surface area contributed by atoms with Gasteiger partial charge in [0, 0.05) is 5.39 Å². The Kier molecular flexibility index (Phi) is 3.88. The van der Waals surface area contributed by atoms with Crippen molar-refractivity contribution in [1.29, 1.82) is 0 Å². The molecule has 8 heteroatoms. The van der Waals surface area contributed by atoms with Gasteiger partial charge < -0.3 is 9.84 Å². The van der Waals surface area contributed by atoms with Crippen LogP contribution in [0, 0.1) is 0 Å². The number of carboxylic acids is 1. The first-order valence-corrected chi connectivity index (χ1v) is 6.87. The van der Waals surface area contributed by atoms with Crippen molar-refractivity contribution in [3.05, 3.63) is 59.8 Å². The van der Waals surface area contributed by atoms with Gasteiger partial charge in [0.05, 0.1) is 12.1 Å². The van der Waals surface area contributed by atoms with Gasteiger partial charge in [0.15, 0.2) is 5.69 Å². The monoisotopic (exact) mass is 336 g/mol. The quantitative estimate of drug-likeness (QED) is 0.789. The number of para-hydroxylation sites is 1. The zero-order valence-electron chi connectivity index (χ0n) is 12.1. The number of halogens is 3. The molecule has 0 amide bonds. The van der Waals surface area contributed by atoms with E-state index in [1.807, 2.05) is 0 Å². The molecule has 0 aliphatic carbocycles. The van der Waals surface area contributed by atoms with Gasteiger partial charge >= 0.3 is 12.3 Å². The van der Waals surface area contributed by atoms with Gasteiger partial charge in [0.25, 0.3) is 0 Å². The van der Waals surface area contributed by atoms with E-state index in [-0.39, 0.29) is 18.0 Å². The van der Waals surface area contributed by atoms with E-state index in [2.05, 4.69) is 9.84 Å². The molecule has 0 radical (unpaired) electrons. The number of benzene rings is 2. The minimum absolute atomic E-state index is 0.0670. The molecule has 0 fully saturated rings. The van der Waals surface area contributed by atoms with Gasteiger partial charge in [-0.1, -0.05) is 30.3 Å². The van der Waals surface area contributed by atoms with E-state index in [0.717, 1.165) is 0 Å². The van der Waals surface area contributed by atoms with E-state index in [4.69, 9.17) is 0 Å². The van der Waals surface area contributed by atoms with E-state index < -0.39 is 12.3 Å². The molecule has 0 aliphatic rings. The summed E-state index contributed by atoms with van der Waals surface area (Å²) in [6.45, 7) is 0.222. The van der Waals surface area contributed by atoms with Gasteiger partial charge in [0.2, 0.25) is 0 Å². The van der Waals surface area contributed by atoms with E-state index in [0.29, 0.717) is 16.5 Å². The van der Waals surface area contributed by atoms with Crippen molar-refractivity contribution in [1.82, 2.24) is 9.78 Å². The van der Waals surface area contributed by atoms with Gasteiger partial charge in [-0.2, -0.15) is 5.10 Å². The van der Waals surface area contributed by atoms with Crippen LogP contribution >= 0.6 is 0 Å². The summed E-state index contributed by atoms with van der Waals surface area (Å²) in [6.07, 6.45) is -4.74. The fourth-order valence-electron chi connectivity index (χ4n) is 2.38. The van der Waals surface area contributed by atoms with Crippen molar-refractivity contribution in [2.24, 2.45) is 0 Å². The summed E-state index contributed by atoms with van der Waals surface area (Å²) in [7, 11) is 0. The number of hydrogen-bond donors (Lipinski definition) is 1. The van der Waals surface area contributed by atoms with Gasteiger partial charge in [-0.15, -0.1) is 13.2 Å². The van der Waals surface area contributed by atoms with E-state index in [9.17, 15) is 23.1 Å². The third-order valence-corrected chi connectivity index (χ3v) is 3.35. The Morgan fingerprint density at radius 2 is 1.79 bits per heavy atom. The summed E-state index contributed by atoms with van der Waals surface area (Å²) >= 11 is 0. The molecule has 124 valence electrons. The molecule has 1 N–H and O–H groups in total. The van der Waals surface area contributed by atoms with Gasteiger partial charge in [-0.3, -0.25) is 4.68 Å². The van der Waals surface area contributed by atoms with Crippen LogP contribution < -0.4 is 4.74 Å². The minimum atomic E-state index is -4.74. The number of hydrogen-bond acceptors (Lipinski definition) is 3. The highest BCUT2D eigenvalue weighted by atomic mass is 19.4. The highest BCUT2D eigenvalue weighted by Crippen LogP contribution is 2.24. The molecular formula is C16H11F3N2O3. The third kappa shape index (κ3) is 3.32. The fraction of sp³-hybridized carbons (Fsp3) is 0.125. The number of ether oxygens (including phenoxy) is 1. The van der Waals surface area contributed by atoms with Crippen molar-refractivity contribution in [2.45, 2.75) is 12.9 Å². The van der Waals surface area contributed by atoms with Crippen LogP contribution in [0.5, 0.6) is 5.75 Å². The number of carbonyl (C=O) groups is 1. The molecule has 3 aromatic rings. The number of aromatic nitrogens is 2. The van der Waals surface area contributed by atoms with Crippen molar-refractivity contribution in [2.75, 3.05) is 0 Å². The molecular weight excluding hydrogens is 325 g/mol. The normalized spacial score (nSPS) is 11.6. The van der Waals surface area contributed by atoms with E-state index in [1.165, 1.54) is 28.9 Å². The standard InChI is InChI=1S/C16H11F3N2O3/c17-16(18,19)24-11-7-5-10(6-8-11)9-21-13-4-2-1-3-12(13)14(20-21)15(22)23/h1-8H,9H2,(H,22,23). The summed E-state index contributed by atoms with van der Waals surface area (Å²) in [5, 5.41) is 13.8. The average Bonchev–Trinajstić information content (AvgIpc) is 2.87. The van der Waals surface area contributed by atoms with Gasteiger partial charge in [-0.25, -0.2) is 4.79 Å². The first-order valence-electron chi connectivity index (χ1n) is 6.87. The molecule has 3 rings (SSSR count). The Morgan fingerprint density at radius 3 is 2.42 bits per heavy atom. The molecule has 2 aromatic carbocycles. The lowest BCUT2D eigenvalue weighted by Gasteiger charge is -2.09. The number of fused-ring (bicyclic) bond motifs is 1. The largest absolute Gasteiger partial charge is 0.573 e. The first-order chi connectivity index (χ1) is 11.3. The third-order valence-electron chi connectivity index (χ3n) is 3.35. The minimum Gasteiger partial charge on any atom is -0.476 e. The molecule has 1 aromatic heterocycles. The summed E-state index contributed by atoms with van der Waals surface area (Å²) in [4.78, 5) is 11.3. The Labute approximate surface area is 133 Å². The summed E-state index contributed by atoms with van der Waals surface area (Å²) in [6, 6.07) is 12.2. The fourth-order valence-corrected chi connectivity index (χ4v) is 2.38. The van der Waals surface area contributed by atoms with Crippen LogP contribution in [-0.2, 0) is 6.54 Å². The second kappa shape index (κ2) is 5.88. The van der Waals surface area contributed by atoms with E-state index in [1.54, 1.807) is 24.3 Å². The lowest BCUT2D eigenvalue weighted by atomic mass is 10.2. The maximum atomic E-state index is 12.1. The molecule has 0 aliphatic heterocycles. The molecule has 1 heterocycles. The predicted molar refractivity (Wildman–Crippen MR) is 78.9 cm³/mol. The number of alkyl halides is 3. The van der Waals surface area contributed by atoms with Crippen LogP contribution in [0.4, 0.5) is 13.2 Å². The summed E-state index contributed by atoms with van der Waals surface area (Å²) in [5.41, 5.74) is 1.22. The number of aromatic carboxylic acids is 1. The molecule has 24 heavy (non-hydrogen) atoms. The molecule has 0 saturated heterocycles. The van der Waals surface area contributed by atoms with Crippen LogP contribution in [0.15, 0.2) is 48.5 Å². The topological polar surface area (TPSA) is 64.3 Å². The lowest BCUT2D eigenvalue weighted by molar-refractivity contribution is -0.274. The SMILES string of the molecule is O=C(O)c1nn(Cc2ccc(OC(F)(F)F)cc2)c2ccccc12. The molecule has 0 bridgehead atoms. The van der Waals surface area contributed by atoms with Crippen LogP contribution in [0.25, 0.3) is 10.9 Å². The lowest BCUT2D eigenvalue weighted by Crippen LogP contribution is -2.17. The number of carboxylic acid groups (broad SMARTS) is 1. The van der Waals surface area contributed by atoms with Crippen molar-refractivity contribution in [3.8, 4) is 5.75 Å². The van der Waals surface area contributed by atoms with Crippen LogP contribution in [0.2, 0.25) is 0 Å². The zero-order chi connectivity index (χ0) is 17.3. The maximum Gasteiger partial charge on any atom is 0.573 e. The molecule has 0 atom stereocenters. The van der Waals surface area contributed by atoms with Crippen LogP contribution in [0.1, 0.15) is 16.1 Å². The summed E-state index contributed by atoms with van der Waals surface area (Å²) < 4.78 is 41.8. The zero-order valence-corrected chi connectivity index (χ0v) is 12.1. The smallest absolute Gasteiger partial charge is 0.476 e. The Bertz CT molecular complexity index is 886. The van der Waals surface area contributed by atoms with Gasteiger partial charge in [-0.05, 0) is 23.8 Å². The second-order valence-electron chi connectivity index (χ2n) is 5.02. The summed E-state index contributed by atoms with van der Waals surface area (Å²) in [5.74, 6) is -1.46. The second-order valence-corrected chi connectivity index (χ2v) is 5.02. The number of rotatable bonds is 4. The van der Waals surface area contributed by atoms with E-state index >= 15 is 0 Å². The maximum absolute atomic E-state index is 12.1.